The van der Waals surface area contributed by atoms with Gasteiger partial charge in [0.05, 0.1) is 0 Å². The van der Waals surface area contributed by atoms with Crippen LogP contribution in [0.1, 0.15) is 36.8 Å². The van der Waals surface area contributed by atoms with E-state index in [1.807, 2.05) is 6.07 Å². The maximum atomic E-state index is 9.76. The van der Waals surface area contributed by atoms with Gasteiger partial charge in [0.2, 0.25) is 0 Å². The summed E-state index contributed by atoms with van der Waals surface area (Å²) in [4.78, 5) is 0. The summed E-state index contributed by atoms with van der Waals surface area (Å²) in [5.74, 6) is 1.42. The van der Waals surface area contributed by atoms with E-state index in [1.54, 1.807) is 6.07 Å². The van der Waals surface area contributed by atoms with Crippen molar-refractivity contribution in [1.82, 2.24) is 5.32 Å². The summed E-state index contributed by atoms with van der Waals surface area (Å²) in [6.45, 7) is 3.99. The summed E-state index contributed by atoms with van der Waals surface area (Å²) in [6, 6.07) is 5.81. The summed E-state index contributed by atoms with van der Waals surface area (Å²) >= 11 is 0. The zero-order valence-electron chi connectivity index (χ0n) is 10.5. The maximum absolute atomic E-state index is 9.76. The molecular weight excluding hydrogens is 210 g/mol. The van der Waals surface area contributed by atoms with Crippen LogP contribution in [0.15, 0.2) is 18.2 Å². The zero-order valence-corrected chi connectivity index (χ0v) is 10.5. The summed E-state index contributed by atoms with van der Waals surface area (Å²) < 4.78 is 0. The first kappa shape index (κ1) is 11.1. The average Bonchev–Trinajstić information content (AvgIpc) is 3.14. The van der Waals surface area contributed by atoms with E-state index in [4.69, 9.17) is 0 Å². The van der Waals surface area contributed by atoms with E-state index in [0.717, 1.165) is 24.6 Å². The highest BCUT2D eigenvalue weighted by molar-refractivity contribution is 5.35. The topological polar surface area (TPSA) is 32.3 Å². The van der Waals surface area contributed by atoms with Gasteiger partial charge in [-0.1, -0.05) is 17.7 Å². The Morgan fingerprint density at radius 3 is 2.76 bits per heavy atom. The molecular formula is C15H21NO. The van der Waals surface area contributed by atoms with Gasteiger partial charge >= 0.3 is 0 Å². The Kier molecular flexibility index (Phi) is 2.62. The predicted molar refractivity (Wildman–Crippen MR) is 68.9 cm³/mol. The van der Waals surface area contributed by atoms with Crippen LogP contribution >= 0.6 is 0 Å². The molecule has 0 bridgehead atoms. The van der Waals surface area contributed by atoms with Crippen LogP contribution in [-0.2, 0) is 6.54 Å². The van der Waals surface area contributed by atoms with E-state index < -0.39 is 0 Å². The summed E-state index contributed by atoms with van der Waals surface area (Å²) in [7, 11) is 0. The third kappa shape index (κ3) is 2.32. The van der Waals surface area contributed by atoms with Gasteiger partial charge < -0.3 is 10.4 Å². The maximum Gasteiger partial charge on any atom is 0.120 e. The van der Waals surface area contributed by atoms with Gasteiger partial charge in [-0.2, -0.15) is 0 Å². The fourth-order valence-corrected chi connectivity index (χ4v) is 2.89. The van der Waals surface area contributed by atoms with E-state index in [-0.39, 0.29) is 0 Å². The van der Waals surface area contributed by atoms with Crippen molar-refractivity contribution in [2.45, 2.75) is 39.2 Å². The van der Waals surface area contributed by atoms with Crippen molar-refractivity contribution >= 4 is 0 Å². The Morgan fingerprint density at radius 1 is 1.35 bits per heavy atom. The van der Waals surface area contributed by atoms with Gasteiger partial charge in [0, 0.05) is 18.7 Å². The second-order valence-electron chi connectivity index (χ2n) is 5.87. The van der Waals surface area contributed by atoms with Crippen molar-refractivity contribution in [3.05, 3.63) is 29.3 Å². The van der Waals surface area contributed by atoms with Crippen molar-refractivity contribution in [3.8, 4) is 5.75 Å². The van der Waals surface area contributed by atoms with Crippen molar-refractivity contribution in [3.63, 3.8) is 0 Å². The smallest absolute Gasteiger partial charge is 0.120 e. The molecule has 92 valence electrons. The fourth-order valence-electron chi connectivity index (χ4n) is 2.89. The molecule has 17 heavy (non-hydrogen) atoms. The third-order valence-electron chi connectivity index (χ3n) is 4.36. The van der Waals surface area contributed by atoms with Crippen molar-refractivity contribution < 1.29 is 5.11 Å². The Bertz CT molecular complexity index is 419. The second-order valence-corrected chi connectivity index (χ2v) is 5.87. The lowest BCUT2D eigenvalue weighted by Gasteiger charge is -2.15. The quantitative estimate of drug-likeness (QED) is 0.816. The van der Waals surface area contributed by atoms with E-state index >= 15 is 0 Å². The zero-order chi connectivity index (χ0) is 11.9. The molecule has 1 aromatic rings. The van der Waals surface area contributed by atoms with Crippen LogP contribution in [0.2, 0.25) is 0 Å². The first-order chi connectivity index (χ1) is 8.20. The molecule has 0 heterocycles. The molecule has 3 rings (SSSR count). The van der Waals surface area contributed by atoms with Crippen molar-refractivity contribution in [2.24, 2.45) is 11.3 Å². The largest absolute Gasteiger partial charge is 0.508 e. The standard InChI is InChI=1S/C15H21NO/c1-11-2-5-14(17)12(8-11)9-16-10-15(6-7-15)13-3-4-13/h2,5,8,13,16-17H,3-4,6-7,9-10H2,1H3. The normalized spacial score (nSPS) is 21.5. The van der Waals surface area contributed by atoms with Crippen LogP contribution in [-0.4, -0.2) is 11.7 Å². The molecule has 1 aromatic carbocycles. The van der Waals surface area contributed by atoms with E-state index in [0.29, 0.717) is 11.2 Å². The first-order valence-electron chi connectivity index (χ1n) is 6.69. The van der Waals surface area contributed by atoms with E-state index in [2.05, 4.69) is 18.3 Å². The number of hydrogen-bond donors (Lipinski definition) is 2. The Morgan fingerprint density at radius 2 is 2.12 bits per heavy atom. The number of aromatic hydroxyl groups is 1. The van der Waals surface area contributed by atoms with Gasteiger partial charge in [0.15, 0.2) is 0 Å². The monoisotopic (exact) mass is 231 g/mol. The molecule has 0 aromatic heterocycles. The lowest BCUT2D eigenvalue weighted by molar-refractivity contribution is 0.399. The second kappa shape index (κ2) is 4.02. The first-order valence-corrected chi connectivity index (χ1v) is 6.69. The lowest BCUT2D eigenvalue weighted by Crippen LogP contribution is -2.25. The molecule has 0 unspecified atom stereocenters. The number of aryl methyl sites for hydroxylation is 1. The molecule has 2 nitrogen and oxygen atoms in total. The van der Waals surface area contributed by atoms with E-state index in [9.17, 15) is 5.11 Å². The SMILES string of the molecule is Cc1ccc(O)c(CNCC2(C3CC3)CC2)c1. The summed E-state index contributed by atoms with van der Waals surface area (Å²) in [6.07, 6.45) is 5.70. The Hall–Kier alpha value is -1.02. The van der Waals surface area contributed by atoms with Gasteiger partial charge in [-0.3, -0.25) is 0 Å². The molecule has 2 saturated carbocycles. The van der Waals surface area contributed by atoms with Crippen molar-refractivity contribution in [2.75, 3.05) is 6.54 Å². The van der Waals surface area contributed by atoms with Gasteiger partial charge in [0.25, 0.3) is 0 Å². The molecule has 0 atom stereocenters. The molecule has 2 aliphatic carbocycles. The number of phenols is 1. The molecule has 2 N–H and O–H groups in total. The van der Waals surface area contributed by atoms with Gasteiger partial charge in [0.1, 0.15) is 5.75 Å². The van der Waals surface area contributed by atoms with Crippen LogP contribution in [0.4, 0.5) is 0 Å². The van der Waals surface area contributed by atoms with Gasteiger partial charge in [-0.05, 0) is 50.0 Å². The van der Waals surface area contributed by atoms with Crippen molar-refractivity contribution in [1.29, 1.82) is 0 Å². The highest BCUT2D eigenvalue weighted by Gasteiger charge is 2.53. The van der Waals surface area contributed by atoms with Crippen LogP contribution < -0.4 is 5.32 Å². The minimum Gasteiger partial charge on any atom is -0.508 e. The molecule has 0 aliphatic heterocycles. The van der Waals surface area contributed by atoms with Crippen LogP contribution in [0.25, 0.3) is 0 Å². The van der Waals surface area contributed by atoms with E-state index in [1.165, 1.54) is 31.2 Å². The number of nitrogens with one attached hydrogen (secondary N) is 1. The number of benzene rings is 1. The Labute approximate surface area is 103 Å². The molecule has 0 amide bonds. The van der Waals surface area contributed by atoms with Gasteiger partial charge in [-0.25, -0.2) is 0 Å². The summed E-state index contributed by atoms with van der Waals surface area (Å²) in [5, 5.41) is 13.3. The minimum absolute atomic E-state index is 0.416. The molecule has 2 heteroatoms. The predicted octanol–water partition coefficient (Wildman–Crippen LogP) is 2.98. The molecule has 0 radical (unpaired) electrons. The molecule has 0 spiro atoms. The van der Waals surface area contributed by atoms with Crippen LogP contribution in [0.5, 0.6) is 5.75 Å². The number of phenolic OH excluding ortho intramolecular Hbond substituents is 1. The summed E-state index contributed by atoms with van der Waals surface area (Å²) in [5.41, 5.74) is 2.87. The highest BCUT2D eigenvalue weighted by Crippen LogP contribution is 2.60. The molecule has 2 aliphatic rings. The fraction of sp³-hybridized carbons (Fsp3) is 0.600. The van der Waals surface area contributed by atoms with Crippen LogP contribution in [0, 0.1) is 18.3 Å². The third-order valence-corrected chi connectivity index (χ3v) is 4.36. The highest BCUT2D eigenvalue weighted by atomic mass is 16.3. The lowest BCUT2D eigenvalue weighted by atomic mass is 10.0. The Balaban J connectivity index is 1.55. The molecule has 0 saturated heterocycles. The number of rotatable bonds is 5. The average molecular weight is 231 g/mol. The number of hydrogen-bond acceptors (Lipinski definition) is 2. The van der Waals surface area contributed by atoms with Crippen LogP contribution in [0.3, 0.4) is 0 Å². The van der Waals surface area contributed by atoms with Gasteiger partial charge in [-0.15, -0.1) is 0 Å². The minimum atomic E-state index is 0.416. The molecule has 2 fully saturated rings.